The van der Waals surface area contributed by atoms with Gasteiger partial charge in [0, 0.05) is 32.7 Å². The van der Waals surface area contributed by atoms with Crippen LogP contribution >= 0.6 is 0 Å². The van der Waals surface area contributed by atoms with Crippen LogP contribution in [0.2, 0.25) is 0 Å². The van der Waals surface area contributed by atoms with Gasteiger partial charge < -0.3 is 5.11 Å². The maximum atomic E-state index is 12.7. The SMILES string of the molecule is N#Cc1ccc(S(=O)(=O)N2CCN(Cc3ccc(C(=O)O)cc3)CC2)cc1. The first kappa shape index (κ1) is 19.0. The Labute approximate surface area is 158 Å². The fourth-order valence-electron chi connectivity index (χ4n) is 2.99. The largest absolute Gasteiger partial charge is 0.478 e. The Balaban J connectivity index is 1.60. The van der Waals surface area contributed by atoms with Crippen LogP contribution in [0.25, 0.3) is 0 Å². The number of nitriles is 1. The second kappa shape index (κ2) is 7.88. The molecule has 0 bridgehead atoms. The molecule has 2 aromatic carbocycles. The molecule has 0 aliphatic carbocycles. The van der Waals surface area contributed by atoms with Crippen LogP contribution in [0.15, 0.2) is 53.4 Å². The van der Waals surface area contributed by atoms with Crippen molar-refractivity contribution in [3.63, 3.8) is 0 Å². The molecule has 1 N–H and O–H groups in total. The van der Waals surface area contributed by atoms with E-state index in [1.807, 2.05) is 6.07 Å². The van der Waals surface area contributed by atoms with Crippen molar-refractivity contribution >= 4 is 16.0 Å². The van der Waals surface area contributed by atoms with Gasteiger partial charge in [-0.15, -0.1) is 0 Å². The Bertz CT molecular complexity index is 956. The number of hydrogen-bond acceptors (Lipinski definition) is 5. The van der Waals surface area contributed by atoms with E-state index in [2.05, 4.69) is 4.90 Å². The van der Waals surface area contributed by atoms with Crippen LogP contribution in [0.4, 0.5) is 0 Å². The standard InChI is InChI=1S/C19H19N3O4S/c20-13-15-3-7-18(8-4-15)27(25,26)22-11-9-21(10-12-22)14-16-1-5-17(6-2-16)19(23)24/h1-8H,9-12,14H2,(H,23,24). The van der Waals surface area contributed by atoms with Crippen molar-refractivity contribution in [3.05, 3.63) is 65.2 Å². The molecule has 1 heterocycles. The van der Waals surface area contributed by atoms with E-state index in [-0.39, 0.29) is 10.5 Å². The molecule has 1 aliphatic rings. The maximum absolute atomic E-state index is 12.7. The molecule has 140 valence electrons. The molecule has 1 fully saturated rings. The molecule has 1 aliphatic heterocycles. The molecular weight excluding hydrogens is 366 g/mol. The number of rotatable bonds is 5. The third kappa shape index (κ3) is 4.34. The van der Waals surface area contributed by atoms with Crippen molar-refractivity contribution in [1.82, 2.24) is 9.21 Å². The third-order valence-corrected chi connectivity index (χ3v) is 6.47. The van der Waals surface area contributed by atoms with Gasteiger partial charge in [0.15, 0.2) is 0 Å². The topological polar surface area (TPSA) is 102 Å². The number of nitrogens with zero attached hydrogens (tertiary/aromatic N) is 3. The summed E-state index contributed by atoms with van der Waals surface area (Å²) in [6, 6.07) is 14.6. The van der Waals surface area contributed by atoms with E-state index in [0.29, 0.717) is 38.3 Å². The predicted octanol–water partition coefficient (Wildman–Crippen LogP) is 1.76. The van der Waals surface area contributed by atoms with Crippen LogP contribution in [0.3, 0.4) is 0 Å². The summed E-state index contributed by atoms with van der Waals surface area (Å²) in [6.45, 7) is 2.60. The van der Waals surface area contributed by atoms with E-state index in [1.165, 1.54) is 28.6 Å². The van der Waals surface area contributed by atoms with E-state index in [4.69, 9.17) is 10.4 Å². The highest BCUT2D eigenvalue weighted by Gasteiger charge is 2.28. The lowest BCUT2D eigenvalue weighted by atomic mass is 10.1. The van der Waals surface area contributed by atoms with Crippen molar-refractivity contribution in [2.45, 2.75) is 11.4 Å². The minimum Gasteiger partial charge on any atom is -0.478 e. The van der Waals surface area contributed by atoms with Gasteiger partial charge in [0.25, 0.3) is 0 Å². The van der Waals surface area contributed by atoms with E-state index in [9.17, 15) is 13.2 Å². The molecule has 0 unspecified atom stereocenters. The Kier molecular flexibility index (Phi) is 5.56. The Hall–Kier alpha value is -2.73. The Morgan fingerprint density at radius 2 is 1.59 bits per heavy atom. The van der Waals surface area contributed by atoms with Crippen molar-refractivity contribution in [2.75, 3.05) is 26.2 Å². The van der Waals surface area contributed by atoms with Crippen LogP contribution in [0, 0.1) is 11.3 Å². The molecule has 8 heteroatoms. The van der Waals surface area contributed by atoms with Gasteiger partial charge in [0.1, 0.15) is 0 Å². The van der Waals surface area contributed by atoms with Crippen molar-refractivity contribution in [3.8, 4) is 6.07 Å². The Morgan fingerprint density at radius 3 is 2.11 bits per heavy atom. The normalized spacial score (nSPS) is 16.0. The highest BCUT2D eigenvalue weighted by molar-refractivity contribution is 7.89. The van der Waals surface area contributed by atoms with Crippen molar-refractivity contribution in [1.29, 1.82) is 5.26 Å². The summed E-state index contributed by atoms with van der Waals surface area (Å²) in [5.74, 6) is -0.955. The first-order valence-electron chi connectivity index (χ1n) is 8.45. The monoisotopic (exact) mass is 385 g/mol. The van der Waals surface area contributed by atoms with E-state index < -0.39 is 16.0 Å². The van der Waals surface area contributed by atoms with Gasteiger partial charge in [-0.1, -0.05) is 12.1 Å². The number of piperazine rings is 1. The van der Waals surface area contributed by atoms with Crippen LogP contribution in [0.5, 0.6) is 0 Å². The maximum Gasteiger partial charge on any atom is 0.335 e. The molecule has 0 radical (unpaired) electrons. The molecule has 7 nitrogen and oxygen atoms in total. The highest BCUT2D eigenvalue weighted by Crippen LogP contribution is 2.19. The minimum atomic E-state index is -3.57. The van der Waals surface area contributed by atoms with Gasteiger partial charge >= 0.3 is 5.97 Å². The zero-order valence-electron chi connectivity index (χ0n) is 14.6. The molecule has 0 saturated carbocycles. The summed E-state index contributed by atoms with van der Waals surface area (Å²) in [7, 11) is -3.57. The molecule has 0 aromatic heterocycles. The molecule has 3 rings (SSSR count). The van der Waals surface area contributed by atoms with E-state index in [0.717, 1.165) is 5.56 Å². The van der Waals surface area contributed by atoms with Crippen LogP contribution in [-0.2, 0) is 16.6 Å². The van der Waals surface area contributed by atoms with Crippen molar-refractivity contribution < 1.29 is 18.3 Å². The summed E-state index contributed by atoms with van der Waals surface area (Å²) in [5.41, 5.74) is 1.66. The summed E-state index contributed by atoms with van der Waals surface area (Å²) in [6.07, 6.45) is 0. The zero-order valence-corrected chi connectivity index (χ0v) is 15.4. The molecule has 0 spiro atoms. The first-order chi connectivity index (χ1) is 12.9. The zero-order chi connectivity index (χ0) is 19.4. The van der Waals surface area contributed by atoms with E-state index >= 15 is 0 Å². The smallest absolute Gasteiger partial charge is 0.335 e. The van der Waals surface area contributed by atoms with Gasteiger partial charge in [-0.05, 0) is 42.0 Å². The lowest BCUT2D eigenvalue weighted by Crippen LogP contribution is -2.48. The second-order valence-electron chi connectivity index (χ2n) is 6.32. The fourth-order valence-corrected chi connectivity index (χ4v) is 4.41. The van der Waals surface area contributed by atoms with Gasteiger partial charge in [-0.25, -0.2) is 13.2 Å². The average molecular weight is 385 g/mol. The summed E-state index contributed by atoms with van der Waals surface area (Å²) >= 11 is 0. The van der Waals surface area contributed by atoms with Gasteiger partial charge in [-0.3, -0.25) is 4.90 Å². The fraction of sp³-hybridized carbons (Fsp3) is 0.263. The first-order valence-corrected chi connectivity index (χ1v) is 9.89. The number of carboxylic acid groups (broad SMARTS) is 1. The van der Waals surface area contributed by atoms with Gasteiger partial charge in [0.05, 0.1) is 22.1 Å². The lowest BCUT2D eigenvalue weighted by Gasteiger charge is -2.34. The number of carboxylic acids is 1. The molecule has 0 atom stereocenters. The van der Waals surface area contributed by atoms with Crippen molar-refractivity contribution in [2.24, 2.45) is 0 Å². The third-order valence-electron chi connectivity index (χ3n) is 4.56. The van der Waals surface area contributed by atoms with Gasteiger partial charge in [-0.2, -0.15) is 9.57 Å². The summed E-state index contributed by atoms with van der Waals surface area (Å²) in [5, 5.41) is 17.8. The summed E-state index contributed by atoms with van der Waals surface area (Å²) in [4.78, 5) is 13.2. The highest BCUT2D eigenvalue weighted by atomic mass is 32.2. The minimum absolute atomic E-state index is 0.194. The quantitative estimate of drug-likeness (QED) is 0.842. The average Bonchev–Trinajstić information content (AvgIpc) is 2.69. The molecule has 27 heavy (non-hydrogen) atoms. The molecule has 2 aromatic rings. The van der Waals surface area contributed by atoms with E-state index in [1.54, 1.807) is 24.3 Å². The number of hydrogen-bond donors (Lipinski definition) is 1. The van der Waals surface area contributed by atoms with Crippen LogP contribution < -0.4 is 0 Å². The van der Waals surface area contributed by atoms with Crippen LogP contribution in [0.1, 0.15) is 21.5 Å². The molecular formula is C19H19N3O4S. The number of benzene rings is 2. The number of sulfonamides is 1. The number of carbonyl (C=O) groups is 1. The van der Waals surface area contributed by atoms with Crippen LogP contribution in [-0.4, -0.2) is 54.9 Å². The summed E-state index contributed by atoms with van der Waals surface area (Å²) < 4.78 is 26.9. The molecule has 1 saturated heterocycles. The lowest BCUT2D eigenvalue weighted by molar-refractivity contribution is 0.0697. The molecule has 0 amide bonds. The second-order valence-corrected chi connectivity index (χ2v) is 8.26. The van der Waals surface area contributed by atoms with Gasteiger partial charge in [0.2, 0.25) is 10.0 Å². The Morgan fingerprint density at radius 1 is 1.00 bits per heavy atom. The number of aromatic carboxylic acids is 1. The predicted molar refractivity (Wildman–Crippen MR) is 98.6 cm³/mol.